The standard InChI is InChI=1S/C17H29ClN2O/c1-5-10-19-16(14-7-6-8-15(18)12-14)9-11-20(4)13-17(2,3)21/h6-8,12,16,19,21H,5,9-11,13H2,1-4H3. The van der Waals surface area contributed by atoms with Gasteiger partial charge in [0.05, 0.1) is 5.60 Å². The predicted octanol–water partition coefficient (Wildman–Crippen LogP) is 3.47. The molecule has 1 aromatic rings. The highest BCUT2D eigenvalue weighted by atomic mass is 35.5. The summed E-state index contributed by atoms with van der Waals surface area (Å²) in [5.41, 5.74) is 0.574. The lowest BCUT2D eigenvalue weighted by Gasteiger charge is -2.27. The number of nitrogens with one attached hydrogen (secondary N) is 1. The van der Waals surface area contributed by atoms with Crippen molar-refractivity contribution < 1.29 is 5.11 Å². The van der Waals surface area contributed by atoms with Gasteiger partial charge < -0.3 is 15.3 Å². The predicted molar refractivity (Wildman–Crippen MR) is 90.9 cm³/mol. The normalized spacial score (nSPS) is 13.7. The van der Waals surface area contributed by atoms with Gasteiger partial charge in [-0.25, -0.2) is 0 Å². The van der Waals surface area contributed by atoms with E-state index >= 15 is 0 Å². The summed E-state index contributed by atoms with van der Waals surface area (Å²) >= 11 is 6.10. The minimum atomic E-state index is -0.656. The molecule has 1 aromatic carbocycles. The lowest BCUT2D eigenvalue weighted by atomic mass is 10.0. The van der Waals surface area contributed by atoms with Crippen molar-refractivity contribution in [3.63, 3.8) is 0 Å². The molecule has 0 amide bonds. The molecule has 0 bridgehead atoms. The van der Waals surface area contributed by atoms with Gasteiger partial charge in [0.2, 0.25) is 0 Å². The fraction of sp³-hybridized carbons (Fsp3) is 0.647. The average molecular weight is 313 g/mol. The Balaban J connectivity index is 2.62. The molecule has 0 radical (unpaired) electrons. The number of rotatable bonds is 9. The number of aliphatic hydroxyl groups is 1. The zero-order valence-corrected chi connectivity index (χ0v) is 14.5. The Labute approximate surface area is 134 Å². The van der Waals surface area contributed by atoms with Crippen LogP contribution in [0.5, 0.6) is 0 Å². The summed E-state index contributed by atoms with van der Waals surface area (Å²) in [6.07, 6.45) is 2.10. The van der Waals surface area contributed by atoms with Gasteiger partial charge in [-0.05, 0) is 64.5 Å². The molecule has 0 heterocycles. The third-order valence-electron chi connectivity index (χ3n) is 3.35. The zero-order chi connectivity index (χ0) is 15.9. The van der Waals surface area contributed by atoms with E-state index in [9.17, 15) is 5.11 Å². The molecule has 0 saturated heterocycles. The molecule has 3 nitrogen and oxygen atoms in total. The highest BCUT2D eigenvalue weighted by molar-refractivity contribution is 6.30. The van der Waals surface area contributed by atoms with E-state index in [1.807, 2.05) is 39.1 Å². The molecule has 2 N–H and O–H groups in total. The monoisotopic (exact) mass is 312 g/mol. The topological polar surface area (TPSA) is 35.5 Å². The summed E-state index contributed by atoms with van der Waals surface area (Å²) in [4.78, 5) is 2.17. The average Bonchev–Trinajstić information content (AvgIpc) is 2.36. The van der Waals surface area contributed by atoms with E-state index in [2.05, 4.69) is 23.2 Å². The van der Waals surface area contributed by atoms with Crippen LogP contribution in [0.4, 0.5) is 0 Å². The number of nitrogens with zero attached hydrogens (tertiary/aromatic N) is 1. The first-order valence-electron chi connectivity index (χ1n) is 7.71. The van der Waals surface area contributed by atoms with Crippen LogP contribution in [0.1, 0.15) is 45.2 Å². The van der Waals surface area contributed by atoms with Crippen molar-refractivity contribution in [3.05, 3.63) is 34.9 Å². The van der Waals surface area contributed by atoms with Crippen molar-refractivity contribution >= 4 is 11.6 Å². The summed E-state index contributed by atoms with van der Waals surface area (Å²) in [5.74, 6) is 0. The molecule has 0 aromatic heterocycles. The second kappa shape index (κ2) is 8.74. The molecular weight excluding hydrogens is 284 g/mol. The van der Waals surface area contributed by atoms with Crippen LogP contribution < -0.4 is 5.32 Å². The zero-order valence-electron chi connectivity index (χ0n) is 13.7. The first-order valence-corrected chi connectivity index (χ1v) is 8.09. The quantitative estimate of drug-likeness (QED) is 0.733. The van der Waals surface area contributed by atoms with Gasteiger partial charge in [-0.1, -0.05) is 30.7 Å². The summed E-state index contributed by atoms with van der Waals surface area (Å²) < 4.78 is 0. The van der Waals surface area contributed by atoms with E-state index < -0.39 is 5.60 Å². The maximum Gasteiger partial charge on any atom is 0.0718 e. The maximum absolute atomic E-state index is 9.87. The van der Waals surface area contributed by atoms with E-state index in [0.717, 1.165) is 31.0 Å². The van der Waals surface area contributed by atoms with Crippen molar-refractivity contribution in [1.82, 2.24) is 10.2 Å². The third-order valence-corrected chi connectivity index (χ3v) is 3.58. The van der Waals surface area contributed by atoms with Crippen LogP contribution in [-0.4, -0.2) is 42.3 Å². The van der Waals surface area contributed by atoms with Crippen LogP contribution in [-0.2, 0) is 0 Å². The molecule has 120 valence electrons. The SMILES string of the molecule is CCCNC(CCN(C)CC(C)(C)O)c1cccc(Cl)c1. The molecule has 0 fully saturated rings. The van der Waals surface area contributed by atoms with Gasteiger partial charge in [0.1, 0.15) is 0 Å². The van der Waals surface area contributed by atoms with Crippen LogP contribution >= 0.6 is 11.6 Å². The van der Waals surface area contributed by atoms with Crippen molar-refractivity contribution in [2.45, 2.75) is 45.3 Å². The van der Waals surface area contributed by atoms with E-state index in [-0.39, 0.29) is 0 Å². The summed E-state index contributed by atoms with van der Waals surface area (Å²) in [5, 5.41) is 14.2. The molecular formula is C17H29ClN2O. The van der Waals surface area contributed by atoms with E-state index in [0.29, 0.717) is 12.6 Å². The van der Waals surface area contributed by atoms with Gasteiger partial charge in [-0.15, -0.1) is 0 Å². The molecule has 4 heteroatoms. The molecule has 0 aliphatic rings. The van der Waals surface area contributed by atoms with Gasteiger partial charge >= 0.3 is 0 Å². The Hall–Kier alpha value is -0.610. The smallest absolute Gasteiger partial charge is 0.0718 e. The van der Waals surface area contributed by atoms with E-state index in [1.54, 1.807) is 0 Å². The van der Waals surface area contributed by atoms with Crippen molar-refractivity contribution in [1.29, 1.82) is 0 Å². The van der Waals surface area contributed by atoms with Crippen LogP contribution in [0.3, 0.4) is 0 Å². The van der Waals surface area contributed by atoms with Crippen LogP contribution in [0, 0.1) is 0 Å². The number of halogens is 1. The molecule has 0 saturated carbocycles. The minimum Gasteiger partial charge on any atom is -0.389 e. The molecule has 21 heavy (non-hydrogen) atoms. The summed E-state index contributed by atoms with van der Waals surface area (Å²) in [6.45, 7) is 8.44. The minimum absolute atomic E-state index is 0.299. The molecule has 0 spiro atoms. The summed E-state index contributed by atoms with van der Waals surface area (Å²) in [6, 6.07) is 8.36. The van der Waals surface area contributed by atoms with Gasteiger partial charge in [-0.3, -0.25) is 0 Å². The molecule has 1 atom stereocenters. The van der Waals surface area contributed by atoms with Crippen molar-refractivity contribution in [2.75, 3.05) is 26.7 Å². The van der Waals surface area contributed by atoms with E-state index in [1.165, 1.54) is 5.56 Å². The first kappa shape index (κ1) is 18.4. The second-order valence-corrected chi connectivity index (χ2v) is 6.84. The fourth-order valence-corrected chi connectivity index (χ4v) is 2.72. The second-order valence-electron chi connectivity index (χ2n) is 6.40. The van der Waals surface area contributed by atoms with Gasteiger partial charge in [0, 0.05) is 17.6 Å². The number of benzene rings is 1. The molecule has 0 aliphatic carbocycles. The van der Waals surface area contributed by atoms with E-state index in [4.69, 9.17) is 11.6 Å². The van der Waals surface area contributed by atoms with Crippen LogP contribution in [0.25, 0.3) is 0 Å². The summed E-state index contributed by atoms with van der Waals surface area (Å²) in [7, 11) is 2.05. The lowest BCUT2D eigenvalue weighted by molar-refractivity contribution is 0.0435. The van der Waals surface area contributed by atoms with Crippen molar-refractivity contribution in [2.24, 2.45) is 0 Å². The highest BCUT2D eigenvalue weighted by Crippen LogP contribution is 2.21. The molecule has 1 rings (SSSR count). The number of hydrogen-bond donors (Lipinski definition) is 2. The van der Waals surface area contributed by atoms with Crippen LogP contribution in [0.15, 0.2) is 24.3 Å². The molecule has 1 unspecified atom stereocenters. The van der Waals surface area contributed by atoms with Crippen LogP contribution in [0.2, 0.25) is 5.02 Å². The number of hydrogen-bond acceptors (Lipinski definition) is 3. The van der Waals surface area contributed by atoms with Crippen molar-refractivity contribution in [3.8, 4) is 0 Å². The Morgan fingerprint density at radius 2 is 2.10 bits per heavy atom. The lowest BCUT2D eigenvalue weighted by Crippen LogP contribution is -2.37. The van der Waals surface area contributed by atoms with Gasteiger partial charge in [0.15, 0.2) is 0 Å². The van der Waals surface area contributed by atoms with Gasteiger partial charge in [0.25, 0.3) is 0 Å². The van der Waals surface area contributed by atoms with Gasteiger partial charge in [-0.2, -0.15) is 0 Å². The molecule has 0 aliphatic heterocycles. The largest absolute Gasteiger partial charge is 0.389 e. The highest BCUT2D eigenvalue weighted by Gasteiger charge is 2.17. The number of likely N-dealkylation sites (N-methyl/N-ethyl adjacent to an activating group) is 1. The Bertz CT molecular complexity index is 417. The Morgan fingerprint density at radius 1 is 1.38 bits per heavy atom. The fourth-order valence-electron chi connectivity index (χ4n) is 2.52. The Kier molecular flexibility index (Phi) is 7.67. The maximum atomic E-state index is 9.87. The first-order chi connectivity index (χ1) is 9.81. The third kappa shape index (κ3) is 7.82. The Morgan fingerprint density at radius 3 is 2.67 bits per heavy atom.